The van der Waals surface area contributed by atoms with Gasteiger partial charge in [-0.1, -0.05) is 26.0 Å². The van der Waals surface area contributed by atoms with Crippen molar-refractivity contribution < 1.29 is 24.5 Å². The molecule has 180 valence electrons. The van der Waals surface area contributed by atoms with Crippen molar-refractivity contribution in [3.63, 3.8) is 0 Å². The fourth-order valence-corrected chi connectivity index (χ4v) is 4.46. The second-order valence-corrected chi connectivity index (χ2v) is 8.94. The second-order valence-electron chi connectivity index (χ2n) is 8.94. The number of pyridine rings is 1. The van der Waals surface area contributed by atoms with Crippen molar-refractivity contribution in [3.8, 4) is 11.5 Å². The standard InChI is InChI=1S/C28H28N2O5/c1-16(2)21-14-22(17(3)13-23(21)35-4)26(32)24-25(19-5-7-20(31)8-6-19)30(28(34)27(24)33)15-18-9-11-29-12-10-18/h5-14,16,25,31-32H,15H2,1-4H3/b26-24+. The van der Waals surface area contributed by atoms with Crippen LogP contribution in [0.4, 0.5) is 0 Å². The van der Waals surface area contributed by atoms with Crippen LogP contribution in [0, 0.1) is 6.92 Å². The third-order valence-electron chi connectivity index (χ3n) is 6.30. The first-order valence-corrected chi connectivity index (χ1v) is 11.4. The Kier molecular flexibility index (Phi) is 6.60. The molecule has 1 unspecified atom stereocenters. The molecule has 1 aliphatic rings. The van der Waals surface area contributed by atoms with E-state index in [9.17, 15) is 19.8 Å². The third-order valence-corrected chi connectivity index (χ3v) is 6.30. The second kappa shape index (κ2) is 9.62. The highest BCUT2D eigenvalue weighted by molar-refractivity contribution is 6.46. The third kappa shape index (κ3) is 4.49. The van der Waals surface area contributed by atoms with Crippen LogP contribution in [0.3, 0.4) is 0 Å². The van der Waals surface area contributed by atoms with E-state index < -0.39 is 17.7 Å². The molecule has 3 aromatic rings. The molecule has 1 aliphatic heterocycles. The minimum atomic E-state index is -0.826. The van der Waals surface area contributed by atoms with Gasteiger partial charge in [-0.15, -0.1) is 0 Å². The molecule has 1 aromatic heterocycles. The Balaban J connectivity index is 1.91. The summed E-state index contributed by atoms with van der Waals surface area (Å²) in [5.74, 6) is -0.817. The van der Waals surface area contributed by atoms with Crippen LogP contribution in [0.5, 0.6) is 11.5 Å². The molecule has 0 aliphatic carbocycles. The maximum atomic E-state index is 13.3. The van der Waals surface area contributed by atoms with Crippen LogP contribution in [0.15, 0.2) is 66.5 Å². The predicted molar refractivity (Wildman–Crippen MR) is 132 cm³/mol. The Labute approximate surface area is 204 Å². The van der Waals surface area contributed by atoms with Crippen molar-refractivity contribution in [1.82, 2.24) is 9.88 Å². The maximum absolute atomic E-state index is 13.3. The van der Waals surface area contributed by atoms with Gasteiger partial charge in [-0.25, -0.2) is 0 Å². The number of hydrogen-bond acceptors (Lipinski definition) is 6. The number of Topliss-reactive ketones (excluding diaryl/α,β-unsaturated/α-hetero) is 1. The molecule has 0 spiro atoms. The molecular weight excluding hydrogens is 444 g/mol. The summed E-state index contributed by atoms with van der Waals surface area (Å²) in [5, 5.41) is 21.3. The summed E-state index contributed by atoms with van der Waals surface area (Å²) < 4.78 is 5.52. The van der Waals surface area contributed by atoms with E-state index in [2.05, 4.69) is 4.98 Å². The molecule has 7 heteroatoms. The quantitative estimate of drug-likeness (QED) is 0.302. The summed E-state index contributed by atoms with van der Waals surface area (Å²) >= 11 is 0. The van der Waals surface area contributed by atoms with Crippen molar-refractivity contribution in [3.05, 3.63) is 94.3 Å². The van der Waals surface area contributed by atoms with Gasteiger partial charge < -0.3 is 19.8 Å². The molecule has 4 rings (SSSR count). The van der Waals surface area contributed by atoms with E-state index in [1.54, 1.807) is 43.8 Å². The van der Waals surface area contributed by atoms with Gasteiger partial charge in [-0.3, -0.25) is 14.6 Å². The van der Waals surface area contributed by atoms with Gasteiger partial charge in [-0.05, 0) is 71.5 Å². The van der Waals surface area contributed by atoms with Gasteiger partial charge in [0.1, 0.15) is 17.3 Å². The Morgan fingerprint density at radius 3 is 2.34 bits per heavy atom. The number of benzene rings is 2. The predicted octanol–water partition coefficient (Wildman–Crippen LogP) is 4.85. The molecule has 0 bridgehead atoms. The smallest absolute Gasteiger partial charge is 0.295 e. The Morgan fingerprint density at radius 2 is 1.74 bits per heavy atom. The lowest BCUT2D eigenvalue weighted by Crippen LogP contribution is -2.29. The lowest BCUT2D eigenvalue weighted by molar-refractivity contribution is -0.140. The van der Waals surface area contributed by atoms with Crippen molar-refractivity contribution in [1.29, 1.82) is 0 Å². The zero-order chi connectivity index (χ0) is 25.3. The van der Waals surface area contributed by atoms with Crippen molar-refractivity contribution in [2.24, 2.45) is 0 Å². The van der Waals surface area contributed by atoms with Crippen LogP contribution in [-0.4, -0.2) is 38.9 Å². The van der Waals surface area contributed by atoms with Crippen molar-refractivity contribution in [2.75, 3.05) is 7.11 Å². The number of nitrogens with zero attached hydrogens (tertiary/aromatic N) is 2. The number of carbonyl (C=O) groups excluding carboxylic acids is 2. The molecule has 0 saturated carbocycles. The van der Waals surface area contributed by atoms with Crippen molar-refractivity contribution >= 4 is 17.4 Å². The molecule has 1 saturated heterocycles. The number of aromatic hydroxyl groups is 1. The summed E-state index contributed by atoms with van der Waals surface area (Å²) in [6.07, 6.45) is 3.24. The topological polar surface area (TPSA) is 100.0 Å². The summed E-state index contributed by atoms with van der Waals surface area (Å²) in [5.41, 5.74) is 3.49. The Bertz CT molecular complexity index is 1300. The number of hydrogen-bond donors (Lipinski definition) is 2. The first-order chi connectivity index (χ1) is 16.7. The van der Waals surface area contributed by atoms with Gasteiger partial charge in [0.25, 0.3) is 11.7 Å². The number of aryl methyl sites for hydroxylation is 1. The summed E-state index contributed by atoms with van der Waals surface area (Å²) in [6, 6.07) is 12.7. The van der Waals surface area contributed by atoms with E-state index in [1.807, 2.05) is 32.9 Å². The number of aliphatic hydroxyl groups excluding tert-OH is 1. The maximum Gasteiger partial charge on any atom is 0.295 e. The Hall–Kier alpha value is -4.13. The number of ether oxygens (including phenoxy) is 1. The number of phenols is 1. The van der Waals surface area contributed by atoms with Crippen LogP contribution in [0.2, 0.25) is 0 Å². The molecule has 2 aromatic carbocycles. The molecule has 7 nitrogen and oxygen atoms in total. The molecule has 2 N–H and O–H groups in total. The molecule has 1 amide bonds. The molecule has 0 radical (unpaired) electrons. The van der Waals surface area contributed by atoms with Gasteiger partial charge in [0.15, 0.2) is 0 Å². The average Bonchev–Trinajstić information content (AvgIpc) is 3.09. The summed E-state index contributed by atoms with van der Waals surface area (Å²) in [4.78, 5) is 32.0. The van der Waals surface area contributed by atoms with Crippen LogP contribution < -0.4 is 4.74 Å². The molecule has 2 heterocycles. The highest BCUT2D eigenvalue weighted by Gasteiger charge is 2.46. The van der Waals surface area contributed by atoms with E-state index in [0.29, 0.717) is 22.4 Å². The van der Waals surface area contributed by atoms with Crippen LogP contribution in [0.1, 0.15) is 53.6 Å². The molecule has 35 heavy (non-hydrogen) atoms. The van der Waals surface area contributed by atoms with Gasteiger partial charge in [0, 0.05) is 24.5 Å². The summed E-state index contributed by atoms with van der Waals surface area (Å²) in [7, 11) is 1.59. The fourth-order valence-electron chi connectivity index (χ4n) is 4.46. The number of methoxy groups -OCH3 is 1. The Morgan fingerprint density at radius 1 is 1.09 bits per heavy atom. The average molecular weight is 473 g/mol. The lowest BCUT2D eigenvalue weighted by atomic mass is 9.91. The molecular formula is C28H28N2O5. The minimum absolute atomic E-state index is 0.0118. The van der Waals surface area contributed by atoms with E-state index in [-0.39, 0.29) is 29.5 Å². The zero-order valence-electron chi connectivity index (χ0n) is 20.1. The van der Waals surface area contributed by atoms with E-state index in [0.717, 1.165) is 11.1 Å². The van der Waals surface area contributed by atoms with Crippen LogP contribution in [-0.2, 0) is 16.1 Å². The number of aliphatic hydroxyl groups is 1. The summed E-state index contributed by atoms with van der Waals surface area (Å²) in [6.45, 7) is 6.01. The number of aromatic nitrogens is 1. The zero-order valence-corrected chi connectivity index (χ0v) is 20.1. The van der Waals surface area contributed by atoms with Gasteiger partial charge >= 0.3 is 0 Å². The van der Waals surface area contributed by atoms with E-state index in [4.69, 9.17) is 4.74 Å². The number of phenolic OH excluding ortho intramolecular Hbond substituents is 1. The van der Waals surface area contributed by atoms with E-state index >= 15 is 0 Å². The first-order valence-electron chi connectivity index (χ1n) is 11.4. The SMILES string of the molecule is COc1cc(C)c(/C(O)=C2\C(=O)C(=O)N(Cc3ccncc3)C2c2ccc(O)cc2)cc1C(C)C. The first kappa shape index (κ1) is 24.0. The fraction of sp³-hybridized carbons (Fsp3) is 0.250. The van der Waals surface area contributed by atoms with Gasteiger partial charge in [0.05, 0.1) is 18.7 Å². The number of amides is 1. The molecule has 1 fully saturated rings. The largest absolute Gasteiger partial charge is 0.508 e. The monoisotopic (exact) mass is 472 g/mol. The molecule has 1 atom stereocenters. The highest BCUT2D eigenvalue weighted by Crippen LogP contribution is 2.42. The van der Waals surface area contributed by atoms with Crippen molar-refractivity contribution in [2.45, 2.75) is 39.3 Å². The minimum Gasteiger partial charge on any atom is -0.508 e. The van der Waals surface area contributed by atoms with Gasteiger partial charge in [0.2, 0.25) is 0 Å². The van der Waals surface area contributed by atoms with Gasteiger partial charge in [-0.2, -0.15) is 0 Å². The number of rotatable bonds is 6. The lowest BCUT2D eigenvalue weighted by Gasteiger charge is -2.26. The highest BCUT2D eigenvalue weighted by atomic mass is 16.5. The number of ketones is 1. The number of carbonyl (C=O) groups is 2. The normalized spacial score (nSPS) is 17.3. The van der Waals surface area contributed by atoms with E-state index in [1.165, 1.54) is 17.0 Å². The number of likely N-dealkylation sites (tertiary alicyclic amines) is 1. The van der Waals surface area contributed by atoms with Crippen LogP contribution >= 0.6 is 0 Å². The van der Waals surface area contributed by atoms with Crippen LogP contribution in [0.25, 0.3) is 5.76 Å².